The fourth-order valence-corrected chi connectivity index (χ4v) is 3.41. The predicted molar refractivity (Wildman–Crippen MR) is 60.1 cm³/mol. The summed E-state index contributed by atoms with van der Waals surface area (Å²) in [7, 11) is 0. The first-order valence-electron chi connectivity index (χ1n) is 5.80. The van der Waals surface area contributed by atoms with Gasteiger partial charge in [0, 0.05) is 12.3 Å². The summed E-state index contributed by atoms with van der Waals surface area (Å²) in [5.74, 6) is 1.36. The number of aryl methyl sites for hydroxylation is 2. The minimum absolute atomic E-state index is 0.319. The van der Waals surface area contributed by atoms with Crippen LogP contribution >= 0.6 is 0 Å². The average molecular weight is 200 g/mol. The maximum Gasteiger partial charge on any atom is 0.136 e. The molecule has 1 heteroatoms. The predicted octanol–water partition coefficient (Wildman–Crippen LogP) is 2.92. The van der Waals surface area contributed by atoms with E-state index in [0.717, 1.165) is 19.3 Å². The average Bonchev–Trinajstić information content (AvgIpc) is 2.74. The summed E-state index contributed by atoms with van der Waals surface area (Å²) < 4.78 is 0. The molecule has 2 aliphatic carbocycles. The van der Waals surface area contributed by atoms with Crippen LogP contribution in [0.3, 0.4) is 0 Å². The third-order valence-electron chi connectivity index (χ3n) is 4.21. The van der Waals surface area contributed by atoms with Crippen LogP contribution in [-0.2, 0) is 11.2 Å². The number of benzene rings is 1. The topological polar surface area (TPSA) is 17.1 Å². The molecule has 78 valence electrons. The molecule has 3 rings (SSSR count). The van der Waals surface area contributed by atoms with Crippen LogP contribution in [0.4, 0.5) is 0 Å². The Morgan fingerprint density at radius 2 is 1.87 bits per heavy atom. The van der Waals surface area contributed by atoms with Gasteiger partial charge in [0.15, 0.2) is 0 Å². The first-order valence-corrected chi connectivity index (χ1v) is 5.80. The first-order chi connectivity index (χ1) is 7.18. The van der Waals surface area contributed by atoms with E-state index in [4.69, 9.17) is 0 Å². The molecule has 0 N–H and O–H groups in total. The van der Waals surface area contributed by atoms with Crippen LogP contribution < -0.4 is 0 Å². The van der Waals surface area contributed by atoms with E-state index in [0.29, 0.717) is 17.6 Å². The summed E-state index contributed by atoms with van der Waals surface area (Å²) in [5.41, 5.74) is 5.74. The number of Topliss-reactive ketones (excluding diaryl/α,β-unsaturated/α-hetero) is 1. The minimum atomic E-state index is 0.319. The molecule has 0 amide bonds. The summed E-state index contributed by atoms with van der Waals surface area (Å²) in [6.07, 6.45) is 2.90. The highest BCUT2D eigenvalue weighted by molar-refractivity contribution is 5.86. The van der Waals surface area contributed by atoms with Gasteiger partial charge in [-0.15, -0.1) is 0 Å². The van der Waals surface area contributed by atoms with Crippen LogP contribution in [0.15, 0.2) is 12.1 Å². The number of rotatable bonds is 0. The molecule has 0 spiro atoms. The lowest BCUT2D eigenvalue weighted by molar-refractivity contribution is -0.120. The van der Waals surface area contributed by atoms with E-state index in [-0.39, 0.29) is 0 Å². The number of carbonyl (C=O) groups is 1. The Kier molecular flexibility index (Phi) is 1.79. The number of ketones is 1. The molecule has 0 radical (unpaired) electrons. The molecule has 1 aromatic rings. The van der Waals surface area contributed by atoms with Crippen molar-refractivity contribution in [3.8, 4) is 0 Å². The van der Waals surface area contributed by atoms with Gasteiger partial charge in [-0.2, -0.15) is 0 Å². The van der Waals surface area contributed by atoms with Crippen LogP contribution in [0, 0.1) is 19.8 Å². The molecular formula is C14H16O. The molecule has 2 atom stereocenters. The highest BCUT2D eigenvalue weighted by Gasteiger charge is 2.42. The monoisotopic (exact) mass is 200 g/mol. The zero-order valence-electron chi connectivity index (χ0n) is 9.34. The third-order valence-corrected chi connectivity index (χ3v) is 4.21. The van der Waals surface area contributed by atoms with Crippen molar-refractivity contribution in [2.24, 2.45) is 5.92 Å². The van der Waals surface area contributed by atoms with Crippen molar-refractivity contribution >= 4 is 5.78 Å². The van der Waals surface area contributed by atoms with Crippen molar-refractivity contribution in [3.63, 3.8) is 0 Å². The third kappa shape index (κ3) is 1.12. The normalized spacial score (nSPS) is 28.0. The quantitative estimate of drug-likeness (QED) is 0.629. The Bertz CT molecular complexity index is 445. The number of fused-ring (bicyclic) bond motifs is 3. The second-order valence-electron chi connectivity index (χ2n) is 5.01. The van der Waals surface area contributed by atoms with Crippen molar-refractivity contribution in [2.45, 2.75) is 39.0 Å². The lowest BCUT2D eigenvalue weighted by Crippen LogP contribution is -2.08. The molecule has 1 fully saturated rings. The molecule has 2 unspecified atom stereocenters. The highest BCUT2D eigenvalue weighted by Crippen LogP contribution is 2.48. The zero-order valence-corrected chi connectivity index (χ0v) is 9.34. The first kappa shape index (κ1) is 9.14. The maximum atomic E-state index is 11.7. The van der Waals surface area contributed by atoms with Gasteiger partial charge in [-0.25, -0.2) is 0 Å². The van der Waals surface area contributed by atoms with Gasteiger partial charge >= 0.3 is 0 Å². The van der Waals surface area contributed by atoms with Crippen LogP contribution in [-0.4, -0.2) is 5.78 Å². The maximum absolute atomic E-state index is 11.7. The van der Waals surface area contributed by atoms with Gasteiger partial charge in [-0.3, -0.25) is 4.79 Å². The summed E-state index contributed by atoms with van der Waals surface area (Å²) in [6, 6.07) is 4.40. The number of hydrogen-bond donors (Lipinski definition) is 0. The summed E-state index contributed by atoms with van der Waals surface area (Å²) >= 11 is 0. The zero-order chi connectivity index (χ0) is 10.6. The molecule has 1 nitrogen and oxygen atoms in total. The van der Waals surface area contributed by atoms with Crippen LogP contribution in [0.5, 0.6) is 0 Å². The summed E-state index contributed by atoms with van der Waals surface area (Å²) in [5, 5.41) is 0. The van der Waals surface area contributed by atoms with E-state index in [1.165, 1.54) is 22.3 Å². The number of carbonyl (C=O) groups excluding carboxylic acids is 1. The summed E-state index contributed by atoms with van der Waals surface area (Å²) in [6.45, 7) is 4.35. The Labute approximate surface area is 90.5 Å². The molecule has 0 saturated heterocycles. The van der Waals surface area contributed by atoms with E-state index < -0.39 is 0 Å². The van der Waals surface area contributed by atoms with Crippen molar-refractivity contribution in [1.29, 1.82) is 0 Å². The summed E-state index contributed by atoms with van der Waals surface area (Å²) in [4.78, 5) is 11.7. The van der Waals surface area contributed by atoms with Gasteiger partial charge in [0.1, 0.15) is 5.78 Å². The molecule has 0 aliphatic heterocycles. The van der Waals surface area contributed by atoms with Crippen molar-refractivity contribution in [2.75, 3.05) is 0 Å². The van der Waals surface area contributed by atoms with Crippen LogP contribution in [0.25, 0.3) is 0 Å². The Hall–Kier alpha value is -1.11. The van der Waals surface area contributed by atoms with E-state index in [1.807, 2.05) is 0 Å². The van der Waals surface area contributed by atoms with E-state index in [9.17, 15) is 4.79 Å². The lowest BCUT2D eigenvalue weighted by Gasteiger charge is -2.12. The fraction of sp³-hybridized carbons (Fsp3) is 0.500. The standard InChI is InChI=1S/C14H16O/c1-8-3-4-9(2)14-10-5-6-13(15)12(10)7-11(8)14/h3-4,10,12H,5-7H2,1-2H3. The van der Waals surface area contributed by atoms with E-state index in [1.54, 1.807) is 0 Å². The van der Waals surface area contributed by atoms with Gasteiger partial charge < -0.3 is 0 Å². The molecular weight excluding hydrogens is 184 g/mol. The Morgan fingerprint density at radius 3 is 2.67 bits per heavy atom. The number of hydrogen-bond acceptors (Lipinski definition) is 1. The van der Waals surface area contributed by atoms with Gasteiger partial charge in [-0.05, 0) is 54.9 Å². The molecule has 2 aliphatic rings. The molecule has 0 heterocycles. The van der Waals surface area contributed by atoms with Gasteiger partial charge in [0.25, 0.3) is 0 Å². The SMILES string of the molecule is Cc1ccc(C)c2c1CC1C(=O)CCC21. The van der Waals surface area contributed by atoms with E-state index in [2.05, 4.69) is 26.0 Å². The molecule has 0 bridgehead atoms. The van der Waals surface area contributed by atoms with Gasteiger partial charge in [0.2, 0.25) is 0 Å². The molecule has 1 aromatic carbocycles. The van der Waals surface area contributed by atoms with Gasteiger partial charge in [0.05, 0.1) is 0 Å². The second-order valence-corrected chi connectivity index (χ2v) is 5.01. The smallest absolute Gasteiger partial charge is 0.136 e. The lowest BCUT2D eigenvalue weighted by atomic mass is 9.92. The minimum Gasteiger partial charge on any atom is -0.299 e. The second kappa shape index (κ2) is 2.94. The fourth-order valence-electron chi connectivity index (χ4n) is 3.41. The molecule has 1 saturated carbocycles. The molecule has 0 aromatic heterocycles. The van der Waals surface area contributed by atoms with Crippen LogP contribution in [0.1, 0.15) is 41.0 Å². The van der Waals surface area contributed by atoms with E-state index >= 15 is 0 Å². The van der Waals surface area contributed by atoms with Crippen molar-refractivity contribution < 1.29 is 4.79 Å². The van der Waals surface area contributed by atoms with Crippen molar-refractivity contribution in [1.82, 2.24) is 0 Å². The van der Waals surface area contributed by atoms with Crippen LogP contribution in [0.2, 0.25) is 0 Å². The Balaban J connectivity index is 2.18. The Morgan fingerprint density at radius 1 is 1.13 bits per heavy atom. The molecule has 15 heavy (non-hydrogen) atoms. The largest absolute Gasteiger partial charge is 0.299 e. The van der Waals surface area contributed by atoms with Gasteiger partial charge in [-0.1, -0.05) is 12.1 Å². The highest BCUT2D eigenvalue weighted by atomic mass is 16.1. The van der Waals surface area contributed by atoms with Crippen molar-refractivity contribution in [3.05, 3.63) is 34.4 Å².